The van der Waals surface area contributed by atoms with Crippen LogP contribution in [-0.2, 0) is 64.5 Å². The molecule has 24 nitrogen and oxygen atoms in total. The van der Waals surface area contributed by atoms with Crippen molar-refractivity contribution in [1.82, 2.24) is 31.5 Å². The summed E-state index contributed by atoms with van der Waals surface area (Å²) >= 11 is 5.68. The zero-order chi connectivity index (χ0) is 74.5. The average molecular weight is 1510 g/mol. The van der Waals surface area contributed by atoms with E-state index in [-0.39, 0.29) is 45.6 Å². The Kier molecular flexibility index (Phi) is 33.9. The van der Waals surface area contributed by atoms with Crippen LogP contribution in [0.15, 0.2) is 226 Å². The number of carbonyl (C=O) groups excluding carboxylic acids is 1. The summed E-state index contributed by atoms with van der Waals surface area (Å²) in [5, 5.41) is 79.8. The van der Waals surface area contributed by atoms with Gasteiger partial charge in [-0.25, -0.2) is 19.2 Å². The van der Waals surface area contributed by atoms with Crippen molar-refractivity contribution in [3.63, 3.8) is 0 Å². The lowest BCUT2D eigenvalue weighted by atomic mass is 10.0. The van der Waals surface area contributed by atoms with Crippen LogP contribution in [0.1, 0.15) is 74.1 Å². The number of benzene rings is 4. The normalized spacial score (nSPS) is 21.6. The zero-order valence-corrected chi connectivity index (χ0v) is 61.0. The van der Waals surface area contributed by atoms with Gasteiger partial charge in [0.1, 0.15) is 63.1 Å². The first kappa shape index (κ1) is 83.2. The van der Waals surface area contributed by atoms with E-state index in [4.69, 9.17) is 0 Å². The predicted octanol–water partition coefficient (Wildman–Crippen LogP) is 9.38. The highest BCUT2D eigenvalue weighted by Crippen LogP contribution is 2.42. The monoisotopic (exact) mass is 1510 g/mol. The van der Waals surface area contributed by atoms with Crippen LogP contribution in [0.5, 0.6) is 0 Å². The van der Waals surface area contributed by atoms with E-state index in [1.165, 1.54) is 53.0 Å². The number of aliphatic imine (C=N–C) groups is 2. The second-order valence-corrected chi connectivity index (χ2v) is 29.2. The van der Waals surface area contributed by atoms with Crippen LogP contribution in [0.4, 0.5) is 0 Å². The summed E-state index contributed by atoms with van der Waals surface area (Å²) in [6, 6.07) is 35.1. The average Bonchev–Trinajstić information content (AvgIpc) is 1.22. The maximum absolute atomic E-state index is 12.6. The summed E-state index contributed by atoms with van der Waals surface area (Å²) in [5.41, 5.74) is 6.70. The van der Waals surface area contributed by atoms with Crippen molar-refractivity contribution in [2.75, 3.05) is 23.0 Å². The number of allylic oxidation sites excluding steroid dienone is 10. The number of hydrogen-bond donors (Lipinski definition) is 12. The second-order valence-electron chi connectivity index (χ2n) is 24.7. The predicted molar refractivity (Wildman–Crippen MR) is 412 cm³/mol. The van der Waals surface area contributed by atoms with Crippen molar-refractivity contribution < 1.29 is 79.6 Å². The highest BCUT2D eigenvalue weighted by molar-refractivity contribution is 8.01. The molecule has 0 bridgehead atoms. The van der Waals surface area contributed by atoms with Gasteiger partial charge in [0.15, 0.2) is 0 Å². The highest BCUT2D eigenvalue weighted by atomic mass is 32.2. The number of nitrogens with one attached hydrogen (secondary N) is 5. The molecule has 8 atom stereocenters. The molecule has 7 aliphatic rings. The first-order valence-corrected chi connectivity index (χ1v) is 38.2. The van der Waals surface area contributed by atoms with E-state index in [9.17, 15) is 74.1 Å². The first-order valence-electron chi connectivity index (χ1n) is 34.0. The number of nitrogens with zero attached hydrogens (tertiary/aromatic N) is 3. The van der Waals surface area contributed by atoms with Gasteiger partial charge in [-0.1, -0.05) is 189 Å². The Morgan fingerprint density at radius 2 is 0.962 bits per heavy atom. The van der Waals surface area contributed by atoms with Crippen LogP contribution in [0.2, 0.25) is 0 Å². The molecule has 558 valence electrons. The fourth-order valence-corrected chi connectivity index (χ4v) is 15.8. The van der Waals surface area contributed by atoms with E-state index >= 15 is 0 Å². The van der Waals surface area contributed by atoms with Crippen molar-refractivity contribution in [2.45, 2.75) is 124 Å². The molecular weight excluding hydrogens is 1420 g/mol. The molecule has 11 rings (SSSR count). The van der Waals surface area contributed by atoms with Gasteiger partial charge in [-0.15, -0.1) is 53.1 Å². The number of thioether (sulfide) groups is 4. The number of carboxylic acid groups (broad SMARTS) is 7. The summed E-state index contributed by atoms with van der Waals surface area (Å²) in [7, 11) is 0. The van der Waals surface area contributed by atoms with Crippen LogP contribution < -0.4 is 26.6 Å². The molecule has 5 aliphatic heterocycles. The summed E-state index contributed by atoms with van der Waals surface area (Å²) in [6.45, 7) is 7.48. The molecule has 5 heterocycles. The second kappa shape index (κ2) is 42.8. The number of β-lactam (4-membered cyclic amide) rings is 1. The molecule has 14 N–H and O–H groups in total. The topological polar surface area (TPSA) is 398 Å². The van der Waals surface area contributed by atoms with Gasteiger partial charge in [-0.2, -0.15) is 6.42 Å². The Labute approximate surface area is 627 Å². The number of hydrogen-bond acceptors (Lipinski definition) is 19. The number of amides is 1. The molecule has 4 aromatic rings. The van der Waals surface area contributed by atoms with E-state index in [1.807, 2.05) is 158 Å². The molecule has 0 radical (unpaired) electrons. The third-order valence-corrected chi connectivity index (χ3v) is 21.7. The molecule has 0 aromatic heterocycles. The Morgan fingerprint density at radius 3 is 1.36 bits per heavy atom. The van der Waals surface area contributed by atoms with Crippen LogP contribution in [0, 0.1) is 18.8 Å². The largest absolute Gasteiger partial charge is 0.480 e. The van der Waals surface area contributed by atoms with E-state index in [1.54, 1.807) is 30.0 Å². The van der Waals surface area contributed by atoms with Gasteiger partial charge in [-0.3, -0.25) is 55.3 Å². The van der Waals surface area contributed by atoms with Crippen molar-refractivity contribution in [1.29, 1.82) is 0 Å². The molecule has 3 fully saturated rings. The minimum atomic E-state index is -1.16. The lowest BCUT2D eigenvalue weighted by Gasteiger charge is -2.49. The molecule has 2 saturated carbocycles. The van der Waals surface area contributed by atoms with Gasteiger partial charge in [0.2, 0.25) is 5.91 Å². The van der Waals surface area contributed by atoms with Crippen molar-refractivity contribution >= 4 is 106 Å². The van der Waals surface area contributed by atoms with Crippen LogP contribution >= 0.6 is 47.0 Å². The van der Waals surface area contributed by atoms with Crippen molar-refractivity contribution in [2.24, 2.45) is 21.8 Å². The number of aliphatic carboxylic acids is 7. The quantitative estimate of drug-likeness (QED) is 0.0165. The molecule has 1 saturated heterocycles. The highest BCUT2D eigenvalue weighted by Gasteiger charge is 2.53. The summed E-state index contributed by atoms with van der Waals surface area (Å²) < 4.78 is 0. The lowest BCUT2D eigenvalue weighted by molar-refractivity contribution is -0.149. The van der Waals surface area contributed by atoms with E-state index in [0.29, 0.717) is 84.2 Å². The molecule has 8 unspecified atom stereocenters. The number of carboxylic acids is 7. The molecule has 28 heteroatoms. The van der Waals surface area contributed by atoms with Gasteiger partial charge in [-0.05, 0) is 88.5 Å². The summed E-state index contributed by atoms with van der Waals surface area (Å²) in [6.07, 6.45) is 25.9. The van der Waals surface area contributed by atoms with Crippen LogP contribution in [-0.4, -0.2) is 174 Å². The Morgan fingerprint density at radius 1 is 0.543 bits per heavy atom. The summed E-state index contributed by atoms with van der Waals surface area (Å²) in [5.74, 6) is -4.61. The smallest absolute Gasteiger partial charge is 0.354 e. The minimum absolute atomic E-state index is 0. The van der Waals surface area contributed by atoms with Crippen molar-refractivity contribution in [3.05, 3.63) is 245 Å². The van der Waals surface area contributed by atoms with Gasteiger partial charge in [0.05, 0.1) is 5.37 Å². The molecule has 1 amide bonds. The third-order valence-electron chi connectivity index (χ3n) is 16.8. The third kappa shape index (κ3) is 25.9. The number of carbonyl (C=O) groups is 8. The fraction of sp³-hybridized carbons (Fsp3) is 0.338. The standard InChI is InChI=1S/C20H24N2O4S.C19H22N2O4S.C19H21N2O4S.C19H20N2O3S.H2O/c1-2-3-4-8-11-15-13-27-18(22-16(15)19(23)24)17(20(25)26)21-12-14-9-6-5-7-10-14;22-18(23)15-14(9-8-12-6-7-12)11-26-17(21-15)16(19(24)25)20-10-13-4-2-1-3-5-13;1-2-3-5-10-14-12-26-17(21-15(14)18(22)23)16(19(24)25)20-11-13-8-6-4-7-9-13;22-17-15(20-10-13-4-2-1-3-5-13)18-21(17)16(19(23)24)14(11-25-18)9-8-12-6-7-12;/h4-11,17-18,21H,2-3,12-13H2,1H3,(H,23,24)(H,25,26);1-5,8-9,12,16-17,20-21H,6-7,10-11H2,(H,22,23)(H,24,25);3-10,16-17,20H,1-2,11-12H2,(H,22,23)(H,24,25);1-5,8-9,12,15,18,20H,6-7,10-11H2,(H,23,24);1H2/q;;-1;;/b8-4+,15-11+;9-8+;5-3+,14-10+;9-8+;. The molecule has 4 aromatic carbocycles. The fourth-order valence-electron chi connectivity index (χ4n) is 10.9. The maximum atomic E-state index is 12.6. The first-order chi connectivity index (χ1) is 50.2. The van der Waals surface area contributed by atoms with Gasteiger partial charge in [0.25, 0.3) is 0 Å². The molecule has 105 heavy (non-hydrogen) atoms. The number of rotatable bonds is 31. The zero-order valence-electron chi connectivity index (χ0n) is 57.8. The SMILES string of the molecule is CCC/C=C/C=C1\CSC(C(NCc2ccccc2)C(=O)O)N=C1C(=O)O.O.O=C(O)C1=C(/C=C/C2CC2)CSC(C(NCc2ccccc2)C(=O)O)N1.O=C(O)C1=C(/C=C/C2CC2)CSC2C(NCc3ccccc3)C(=O)N12.[CH2-]C/C=C/C=C1\CSC(C(NCc2ccccc2)C(=O)O)N=C1C(=O)O. The van der Waals surface area contributed by atoms with E-state index in [2.05, 4.69) is 56.5 Å². The number of fused-ring (bicyclic) bond motifs is 1. The lowest BCUT2D eigenvalue weighted by Crippen LogP contribution is -2.69. The number of unbranched alkanes of at least 4 members (excludes halogenated alkanes) is 1. The van der Waals surface area contributed by atoms with Crippen LogP contribution in [0.25, 0.3) is 0 Å². The van der Waals surface area contributed by atoms with Gasteiger partial charge >= 0.3 is 41.8 Å². The molecule has 0 spiro atoms. The van der Waals surface area contributed by atoms with Crippen LogP contribution in [0.3, 0.4) is 0 Å². The molecular formula is C77H89N8O16S4-. The van der Waals surface area contributed by atoms with Gasteiger partial charge in [0, 0.05) is 49.2 Å². The molecule has 2 aliphatic carbocycles. The Hall–Kier alpha value is -9.10. The Balaban J connectivity index is 0.000000195. The Bertz CT molecular complexity index is 3970. The van der Waals surface area contributed by atoms with Gasteiger partial charge < -0.3 is 53.5 Å². The van der Waals surface area contributed by atoms with E-state index < -0.39 is 76.0 Å². The summed E-state index contributed by atoms with van der Waals surface area (Å²) in [4.78, 5) is 104. The minimum Gasteiger partial charge on any atom is -0.480 e. The maximum Gasteiger partial charge on any atom is 0.354 e. The van der Waals surface area contributed by atoms with Crippen molar-refractivity contribution in [3.8, 4) is 0 Å². The van der Waals surface area contributed by atoms with E-state index in [0.717, 1.165) is 53.5 Å².